The number of nitrogens with zero attached hydrogens (tertiary/aromatic N) is 3. The van der Waals surface area contributed by atoms with Crippen LogP contribution in [0.4, 0.5) is 0 Å². The lowest BCUT2D eigenvalue weighted by Gasteiger charge is -2.07. The van der Waals surface area contributed by atoms with Crippen LogP contribution in [-0.2, 0) is 7.05 Å². The van der Waals surface area contributed by atoms with E-state index in [0.29, 0.717) is 5.39 Å². The van der Waals surface area contributed by atoms with E-state index in [4.69, 9.17) is 4.74 Å². The molecule has 0 bridgehead atoms. The zero-order chi connectivity index (χ0) is 17.4. The first-order valence-electron chi connectivity index (χ1n) is 7.72. The summed E-state index contributed by atoms with van der Waals surface area (Å²) in [5.41, 5.74) is 3.48. The summed E-state index contributed by atoms with van der Waals surface area (Å²) in [5, 5.41) is 7.16. The van der Waals surface area contributed by atoms with Gasteiger partial charge in [0.05, 0.1) is 17.2 Å². The van der Waals surface area contributed by atoms with Crippen LogP contribution in [0.15, 0.2) is 59.0 Å². The van der Waals surface area contributed by atoms with Crippen LogP contribution in [0.3, 0.4) is 0 Å². The predicted octanol–water partition coefficient (Wildman–Crippen LogP) is 3.73. The van der Waals surface area contributed by atoms with E-state index in [1.807, 2.05) is 41.8 Å². The monoisotopic (exact) mass is 349 g/mol. The number of aromatic nitrogens is 3. The van der Waals surface area contributed by atoms with Gasteiger partial charge in [-0.05, 0) is 29.8 Å². The molecule has 0 aliphatic heterocycles. The molecule has 3 heterocycles. The summed E-state index contributed by atoms with van der Waals surface area (Å²) in [5.74, 6) is 0.761. The molecule has 0 radical (unpaired) electrons. The maximum Gasteiger partial charge on any atom is 0.275 e. The highest BCUT2D eigenvalue weighted by molar-refractivity contribution is 7.18. The Morgan fingerprint density at radius 2 is 1.92 bits per heavy atom. The molecule has 0 aliphatic rings. The number of hydrogen-bond donors (Lipinski definition) is 0. The number of rotatable bonds is 3. The van der Waals surface area contributed by atoms with Crippen LogP contribution in [0.25, 0.3) is 32.5 Å². The summed E-state index contributed by atoms with van der Waals surface area (Å²) in [6.45, 7) is 0. The minimum absolute atomic E-state index is 0.105. The van der Waals surface area contributed by atoms with Gasteiger partial charge in [-0.25, -0.2) is 4.68 Å². The molecule has 0 spiro atoms. The molecule has 4 aromatic rings. The molecule has 0 fully saturated rings. The Labute approximate surface area is 148 Å². The minimum atomic E-state index is -0.105. The average Bonchev–Trinajstić information content (AvgIpc) is 3.11. The summed E-state index contributed by atoms with van der Waals surface area (Å²) >= 11 is 1.53. The number of pyridine rings is 1. The summed E-state index contributed by atoms with van der Waals surface area (Å²) in [6, 6.07) is 11.5. The highest BCUT2D eigenvalue weighted by atomic mass is 32.1. The summed E-state index contributed by atoms with van der Waals surface area (Å²) in [4.78, 5) is 16.8. The SMILES string of the molecule is COc1cccc(-c2csc3c(-c4ccncc4)nn(C)c(=O)c23)c1. The third-order valence-corrected chi connectivity index (χ3v) is 5.09. The number of aryl methyl sites for hydroxylation is 1. The van der Waals surface area contributed by atoms with Crippen LogP contribution in [-0.4, -0.2) is 21.9 Å². The van der Waals surface area contributed by atoms with Crippen molar-refractivity contribution in [2.45, 2.75) is 0 Å². The minimum Gasteiger partial charge on any atom is -0.497 e. The highest BCUT2D eigenvalue weighted by Gasteiger charge is 2.17. The summed E-state index contributed by atoms with van der Waals surface area (Å²) in [6.07, 6.45) is 3.45. The van der Waals surface area contributed by atoms with Crippen LogP contribution in [0.2, 0.25) is 0 Å². The van der Waals surface area contributed by atoms with Gasteiger partial charge in [-0.1, -0.05) is 12.1 Å². The fourth-order valence-corrected chi connectivity index (χ4v) is 3.92. The van der Waals surface area contributed by atoms with Crippen molar-refractivity contribution in [1.29, 1.82) is 0 Å². The third kappa shape index (κ3) is 2.60. The van der Waals surface area contributed by atoms with Gasteiger partial charge in [0.1, 0.15) is 11.4 Å². The van der Waals surface area contributed by atoms with E-state index in [0.717, 1.165) is 32.8 Å². The lowest BCUT2D eigenvalue weighted by atomic mass is 10.0. The molecule has 0 unspecified atom stereocenters. The molecule has 0 saturated heterocycles. The van der Waals surface area contributed by atoms with Crippen LogP contribution in [0, 0.1) is 0 Å². The molecule has 0 N–H and O–H groups in total. The molecule has 0 atom stereocenters. The van der Waals surface area contributed by atoms with E-state index in [1.165, 1.54) is 16.0 Å². The molecule has 3 aromatic heterocycles. The second kappa shape index (κ2) is 6.14. The summed E-state index contributed by atoms with van der Waals surface area (Å²) in [7, 11) is 3.31. The maximum absolute atomic E-state index is 12.8. The number of benzene rings is 1. The Kier molecular flexibility index (Phi) is 3.82. The molecule has 5 nitrogen and oxygen atoms in total. The van der Waals surface area contributed by atoms with Crippen molar-refractivity contribution in [3.05, 3.63) is 64.5 Å². The van der Waals surface area contributed by atoms with Gasteiger partial charge in [0.2, 0.25) is 0 Å². The molecule has 0 saturated carbocycles. The molecule has 0 aliphatic carbocycles. The second-order valence-corrected chi connectivity index (χ2v) is 6.48. The lowest BCUT2D eigenvalue weighted by molar-refractivity contribution is 0.415. The van der Waals surface area contributed by atoms with E-state index in [9.17, 15) is 4.79 Å². The van der Waals surface area contributed by atoms with Crippen LogP contribution in [0.1, 0.15) is 0 Å². The molecular formula is C19H15N3O2S. The predicted molar refractivity (Wildman–Crippen MR) is 100 cm³/mol. The number of methoxy groups -OCH3 is 1. The first-order chi connectivity index (χ1) is 12.2. The van der Waals surface area contributed by atoms with Gasteiger partial charge in [0.25, 0.3) is 5.56 Å². The van der Waals surface area contributed by atoms with Crippen LogP contribution < -0.4 is 10.3 Å². The van der Waals surface area contributed by atoms with Crippen molar-refractivity contribution in [1.82, 2.24) is 14.8 Å². The average molecular weight is 349 g/mol. The van der Waals surface area contributed by atoms with Crippen molar-refractivity contribution in [3.63, 3.8) is 0 Å². The first-order valence-corrected chi connectivity index (χ1v) is 8.60. The quantitative estimate of drug-likeness (QED) is 0.565. The van der Waals surface area contributed by atoms with E-state index in [1.54, 1.807) is 26.6 Å². The molecular weight excluding hydrogens is 334 g/mol. The lowest BCUT2D eigenvalue weighted by Crippen LogP contribution is -2.20. The van der Waals surface area contributed by atoms with Crippen molar-refractivity contribution in [2.24, 2.45) is 7.05 Å². The van der Waals surface area contributed by atoms with Crippen LogP contribution in [0.5, 0.6) is 5.75 Å². The normalized spacial score (nSPS) is 11.0. The Balaban J connectivity index is 2.03. The Morgan fingerprint density at radius 3 is 2.68 bits per heavy atom. The van der Waals surface area contributed by atoms with Crippen molar-refractivity contribution in [3.8, 4) is 28.1 Å². The Bertz CT molecular complexity index is 1120. The molecule has 25 heavy (non-hydrogen) atoms. The maximum atomic E-state index is 12.8. The first kappa shape index (κ1) is 15.5. The van der Waals surface area contributed by atoms with Crippen molar-refractivity contribution >= 4 is 21.4 Å². The second-order valence-electron chi connectivity index (χ2n) is 5.60. The van der Waals surface area contributed by atoms with E-state index >= 15 is 0 Å². The molecule has 6 heteroatoms. The molecule has 1 aromatic carbocycles. The van der Waals surface area contributed by atoms with Gasteiger partial charge < -0.3 is 4.74 Å². The van der Waals surface area contributed by atoms with E-state index in [2.05, 4.69) is 10.1 Å². The van der Waals surface area contributed by atoms with E-state index < -0.39 is 0 Å². The van der Waals surface area contributed by atoms with Crippen molar-refractivity contribution < 1.29 is 4.74 Å². The fraction of sp³-hybridized carbons (Fsp3) is 0.105. The van der Waals surface area contributed by atoms with Crippen molar-refractivity contribution in [2.75, 3.05) is 7.11 Å². The Morgan fingerprint density at radius 1 is 1.12 bits per heavy atom. The molecule has 124 valence electrons. The van der Waals surface area contributed by atoms with Gasteiger partial charge in [-0.2, -0.15) is 5.10 Å². The highest BCUT2D eigenvalue weighted by Crippen LogP contribution is 2.37. The number of hydrogen-bond acceptors (Lipinski definition) is 5. The summed E-state index contributed by atoms with van der Waals surface area (Å²) < 4.78 is 7.59. The Hall–Kier alpha value is -2.99. The number of fused-ring (bicyclic) bond motifs is 1. The smallest absolute Gasteiger partial charge is 0.275 e. The zero-order valence-electron chi connectivity index (χ0n) is 13.8. The van der Waals surface area contributed by atoms with Gasteiger partial charge in [-0.3, -0.25) is 9.78 Å². The number of thiophene rings is 1. The fourth-order valence-electron chi connectivity index (χ4n) is 2.85. The van der Waals surface area contributed by atoms with Gasteiger partial charge in [0, 0.05) is 35.9 Å². The number of ether oxygens (including phenoxy) is 1. The third-order valence-electron chi connectivity index (χ3n) is 4.10. The largest absolute Gasteiger partial charge is 0.497 e. The standard InChI is InChI=1S/C19H15N3O2S/c1-22-19(23)16-15(13-4-3-5-14(10-13)24-2)11-25-18(16)17(21-22)12-6-8-20-9-7-12/h3-11H,1-2H3. The zero-order valence-corrected chi connectivity index (χ0v) is 14.6. The topological polar surface area (TPSA) is 57.0 Å². The van der Waals surface area contributed by atoms with Gasteiger partial charge in [0.15, 0.2) is 0 Å². The van der Waals surface area contributed by atoms with Crippen LogP contribution >= 0.6 is 11.3 Å². The molecule has 0 amide bonds. The van der Waals surface area contributed by atoms with E-state index in [-0.39, 0.29) is 5.56 Å². The molecule has 4 rings (SSSR count). The van der Waals surface area contributed by atoms with Gasteiger partial charge in [-0.15, -0.1) is 11.3 Å². The van der Waals surface area contributed by atoms with Gasteiger partial charge >= 0.3 is 0 Å².